The molecule has 8 nitrogen and oxygen atoms in total. The molecule has 1 fully saturated rings. The average Bonchev–Trinajstić information content (AvgIpc) is 3.37. The van der Waals surface area contributed by atoms with Crippen LogP contribution < -0.4 is 0 Å². The highest BCUT2D eigenvalue weighted by molar-refractivity contribution is 7.89. The van der Waals surface area contributed by atoms with E-state index in [0.29, 0.717) is 31.2 Å². The van der Waals surface area contributed by atoms with Gasteiger partial charge in [-0.25, -0.2) is 8.42 Å². The van der Waals surface area contributed by atoms with E-state index in [-0.39, 0.29) is 5.75 Å². The highest BCUT2D eigenvalue weighted by Gasteiger charge is 2.38. The first-order valence-corrected chi connectivity index (χ1v) is 10.8. The van der Waals surface area contributed by atoms with Crippen LogP contribution in [-0.4, -0.2) is 45.2 Å². The fourth-order valence-corrected chi connectivity index (χ4v) is 5.03. The molecule has 0 bridgehead atoms. The maximum Gasteiger partial charge on any atom is 0.249 e. The summed E-state index contributed by atoms with van der Waals surface area (Å²) in [5.74, 6) is 0.722. The first-order valence-electron chi connectivity index (χ1n) is 9.18. The monoisotopic (exact) mass is 399 g/mol. The number of hydrogen-bond donors (Lipinski definition) is 0. The van der Waals surface area contributed by atoms with E-state index >= 15 is 0 Å². The Kier molecular flexibility index (Phi) is 5.19. The molecule has 28 heavy (non-hydrogen) atoms. The summed E-state index contributed by atoms with van der Waals surface area (Å²) in [6.07, 6.45) is 6.88. The van der Waals surface area contributed by atoms with E-state index in [4.69, 9.17) is 4.42 Å². The normalized spacial score (nSPS) is 17.8. The minimum atomic E-state index is -3.44. The lowest BCUT2D eigenvalue weighted by Gasteiger charge is -2.21. The van der Waals surface area contributed by atoms with E-state index < -0.39 is 16.1 Å². The molecule has 0 amide bonds. The number of pyridine rings is 2. The smallest absolute Gasteiger partial charge is 0.249 e. The zero-order valence-corrected chi connectivity index (χ0v) is 16.3. The molecular formula is C19H21N5O3S. The molecule has 3 aromatic rings. The molecule has 9 heteroatoms. The van der Waals surface area contributed by atoms with Crippen molar-refractivity contribution in [3.8, 4) is 11.5 Å². The minimum Gasteiger partial charge on any atom is -0.419 e. The minimum absolute atomic E-state index is 0.0381. The molecule has 0 saturated carbocycles. The van der Waals surface area contributed by atoms with Crippen molar-refractivity contribution in [2.45, 2.75) is 32.2 Å². The molecule has 1 atom stereocenters. The molecule has 4 heterocycles. The Bertz CT molecular complexity index is 1030. The van der Waals surface area contributed by atoms with Crippen LogP contribution in [0.4, 0.5) is 0 Å². The number of rotatable bonds is 6. The predicted octanol–water partition coefficient (Wildman–Crippen LogP) is 2.54. The zero-order chi connectivity index (χ0) is 19.6. The Morgan fingerprint density at radius 2 is 2.00 bits per heavy atom. The summed E-state index contributed by atoms with van der Waals surface area (Å²) in [5, 5.41) is 8.21. The number of nitrogens with zero attached hydrogens (tertiary/aromatic N) is 5. The molecule has 3 aromatic heterocycles. The highest BCUT2D eigenvalue weighted by Crippen LogP contribution is 2.35. The second kappa shape index (κ2) is 7.76. The topological polar surface area (TPSA) is 102 Å². The molecular weight excluding hydrogens is 378 g/mol. The van der Waals surface area contributed by atoms with Gasteiger partial charge < -0.3 is 4.42 Å². The van der Waals surface area contributed by atoms with Gasteiger partial charge in [0, 0.05) is 30.8 Å². The van der Waals surface area contributed by atoms with Gasteiger partial charge in [-0.1, -0.05) is 0 Å². The Morgan fingerprint density at radius 3 is 2.75 bits per heavy atom. The van der Waals surface area contributed by atoms with Crippen LogP contribution in [0.25, 0.3) is 11.5 Å². The third-order valence-corrected chi connectivity index (χ3v) is 6.71. The molecule has 0 N–H and O–H groups in total. The molecule has 0 radical (unpaired) electrons. The largest absolute Gasteiger partial charge is 0.419 e. The maximum atomic E-state index is 12.9. The molecule has 1 aliphatic heterocycles. The van der Waals surface area contributed by atoms with Crippen LogP contribution in [0.1, 0.15) is 36.0 Å². The van der Waals surface area contributed by atoms with Crippen LogP contribution in [-0.2, 0) is 16.4 Å². The van der Waals surface area contributed by atoms with Crippen LogP contribution in [0.15, 0.2) is 47.3 Å². The van der Waals surface area contributed by atoms with Crippen molar-refractivity contribution in [3.05, 3.63) is 60.0 Å². The number of hydrogen-bond acceptors (Lipinski definition) is 7. The van der Waals surface area contributed by atoms with Gasteiger partial charge in [-0.3, -0.25) is 9.97 Å². The Morgan fingerprint density at radius 1 is 1.18 bits per heavy atom. The molecule has 146 valence electrons. The number of aromatic nitrogens is 4. The van der Waals surface area contributed by atoms with Crippen molar-refractivity contribution in [2.75, 3.05) is 12.3 Å². The van der Waals surface area contributed by atoms with Gasteiger partial charge in [0.1, 0.15) is 6.04 Å². The number of sulfonamides is 1. The van der Waals surface area contributed by atoms with E-state index in [1.807, 2.05) is 31.2 Å². The van der Waals surface area contributed by atoms with Crippen LogP contribution in [0.2, 0.25) is 0 Å². The lowest BCUT2D eigenvalue weighted by atomic mass is 10.2. The SMILES string of the molecule is Cc1ccc(-c2nnc([C@H]3CCCN3S(=O)(=O)CCc3ccncc3)o2)cn1. The zero-order valence-electron chi connectivity index (χ0n) is 15.5. The van der Waals surface area contributed by atoms with Gasteiger partial charge in [0.05, 0.1) is 11.3 Å². The summed E-state index contributed by atoms with van der Waals surface area (Å²) in [4.78, 5) is 8.19. The first-order chi connectivity index (χ1) is 13.5. The standard InChI is InChI=1S/C19H21N5O3S/c1-14-4-5-16(13-21-14)18-22-23-19(27-18)17-3-2-11-24(17)28(25,26)12-8-15-6-9-20-10-7-15/h4-7,9-10,13,17H,2-3,8,11-12H2,1H3/t17-/m1/s1. The Labute approximate surface area is 163 Å². The summed E-state index contributed by atoms with van der Waals surface area (Å²) in [6, 6.07) is 6.97. The first kappa shape index (κ1) is 18.7. The highest BCUT2D eigenvalue weighted by atomic mass is 32.2. The molecule has 4 rings (SSSR count). The van der Waals surface area contributed by atoms with Gasteiger partial charge in [0.15, 0.2) is 0 Å². The van der Waals surface area contributed by atoms with Crippen molar-refractivity contribution in [3.63, 3.8) is 0 Å². The summed E-state index contributed by atoms with van der Waals surface area (Å²) in [6.45, 7) is 2.36. The molecule has 1 saturated heterocycles. The summed E-state index contributed by atoms with van der Waals surface area (Å²) in [5.41, 5.74) is 2.56. The van der Waals surface area contributed by atoms with Gasteiger partial charge in [-0.05, 0) is 56.0 Å². The van der Waals surface area contributed by atoms with E-state index in [1.165, 1.54) is 4.31 Å². The van der Waals surface area contributed by atoms with E-state index in [2.05, 4.69) is 20.2 Å². The second-order valence-electron chi connectivity index (χ2n) is 6.82. The quantitative estimate of drug-likeness (QED) is 0.627. The Balaban J connectivity index is 1.51. The predicted molar refractivity (Wildman–Crippen MR) is 103 cm³/mol. The lowest BCUT2D eigenvalue weighted by molar-refractivity contribution is 0.332. The van der Waals surface area contributed by atoms with E-state index in [1.54, 1.807) is 18.6 Å². The average molecular weight is 399 g/mol. The molecule has 1 aliphatic rings. The maximum absolute atomic E-state index is 12.9. The van der Waals surface area contributed by atoms with Gasteiger partial charge in [-0.15, -0.1) is 10.2 Å². The molecule has 0 aromatic carbocycles. The van der Waals surface area contributed by atoms with Gasteiger partial charge in [0.25, 0.3) is 0 Å². The van der Waals surface area contributed by atoms with Crippen molar-refractivity contribution >= 4 is 10.0 Å². The molecule has 0 spiro atoms. The third-order valence-electron chi connectivity index (χ3n) is 4.84. The van der Waals surface area contributed by atoms with Gasteiger partial charge >= 0.3 is 0 Å². The van der Waals surface area contributed by atoms with Crippen molar-refractivity contribution in [1.29, 1.82) is 0 Å². The third kappa shape index (κ3) is 3.95. The van der Waals surface area contributed by atoms with Crippen molar-refractivity contribution < 1.29 is 12.8 Å². The van der Waals surface area contributed by atoms with Crippen molar-refractivity contribution in [2.24, 2.45) is 0 Å². The summed E-state index contributed by atoms with van der Waals surface area (Å²) < 4.78 is 33.1. The summed E-state index contributed by atoms with van der Waals surface area (Å²) >= 11 is 0. The van der Waals surface area contributed by atoms with E-state index in [0.717, 1.165) is 23.2 Å². The Hall–Kier alpha value is -2.65. The van der Waals surface area contributed by atoms with Crippen molar-refractivity contribution in [1.82, 2.24) is 24.5 Å². The van der Waals surface area contributed by atoms with Crippen LogP contribution >= 0.6 is 0 Å². The van der Waals surface area contributed by atoms with E-state index in [9.17, 15) is 8.42 Å². The fraction of sp³-hybridized carbons (Fsp3) is 0.368. The van der Waals surface area contributed by atoms with Crippen LogP contribution in [0.3, 0.4) is 0 Å². The van der Waals surface area contributed by atoms with Gasteiger partial charge in [-0.2, -0.15) is 4.31 Å². The molecule has 0 unspecified atom stereocenters. The van der Waals surface area contributed by atoms with Crippen LogP contribution in [0.5, 0.6) is 0 Å². The van der Waals surface area contributed by atoms with Gasteiger partial charge in [0.2, 0.25) is 21.8 Å². The summed E-state index contributed by atoms with van der Waals surface area (Å²) in [7, 11) is -3.44. The molecule has 0 aliphatic carbocycles. The fourth-order valence-electron chi connectivity index (χ4n) is 3.31. The van der Waals surface area contributed by atoms with Crippen LogP contribution in [0, 0.1) is 6.92 Å². The lowest BCUT2D eigenvalue weighted by Crippen LogP contribution is -2.33. The number of aryl methyl sites for hydroxylation is 2. The second-order valence-corrected chi connectivity index (χ2v) is 8.87.